The lowest BCUT2D eigenvalue weighted by atomic mass is 9.74. The monoisotopic (exact) mass is 330 g/mol. The summed E-state index contributed by atoms with van der Waals surface area (Å²) >= 11 is 0. The van der Waals surface area contributed by atoms with E-state index >= 15 is 0 Å². The lowest BCUT2D eigenvalue weighted by Crippen LogP contribution is -2.52. The van der Waals surface area contributed by atoms with Gasteiger partial charge in [0.1, 0.15) is 5.75 Å². The van der Waals surface area contributed by atoms with Crippen molar-refractivity contribution in [3.8, 4) is 5.75 Å². The Morgan fingerprint density at radius 1 is 1.33 bits per heavy atom. The van der Waals surface area contributed by atoms with E-state index in [2.05, 4.69) is 30.4 Å². The van der Waals surface area contributed by atoms with Crippen LogP contribution in [0.25, 0.3) is 0 Å². The van der Waals surface area contributed by atoms with E-state index in [-0.39, 0.29) is 17.4 Å². The second-order valence-corrected chi connectivity index (χ2v) is 7.89. The summed E-state index contributed by atoms with van der Waals surface area (Å²) in [6.07, 6.45) is 6.56. The third-order valence-corrected chi connectivity index (χ3v) is 5.42. The predicted octanol–water partition coefficient (Wildman–Crippen LogP) is 3.31. The van der Waals surface area contributed by atoms with Gasteiger partial charge in [-0.25, -0.2) is 0 Å². The highest BCUT2D eigenvalue weighted by Crippen LogP contribution is 2.32. The van der Waals surface area contributed by atoms with Gasteiger partial charge in [0, 0.05) is 17.6 Å². The molecular formula is C20H30N2O2. The summed E-state index contributed by atoms with van der Waals surface area (Å²) in [6.45, 7) is 5.36. The van der Waals surface area contributed by atoms with Crippen LogP contribution >= 0.6 is 0 Å². The van der Waals surface area contributed by atoms with Gasteiger partial charge in [0.25, 0.3) is 0 Å². The Morgan fingerprint density at radius 2 is 2.12 bits per heavy atom. The molecular weight excluding hydrogens is 300 g/mol. The summed E-state index contributed by atoms with van der Waals surface area (Å²) in [5, 5.41) is 3.09. The fourth-order valence-electron chi connectivity index (χ4n) is 3.53. The molecule has 2 saturated carbocycles. The summed E-state index contributed by atoms with van der Waals surface area (Å²) in [7, 11) is 0. The van der Waals surface area contributed by atoms with Crippen molar-refractivity contribution in [1.82, 2.24) is 5.32 Å². The van der Waals surface area contributed by atoms with E-state index in [0.29, 0.717) is 12.5 Å². The third kappa shape index (κ3) is 4.29. The van der Waals surface area contributed by atoms with Gasteiger partial charge in [-0.2, -0.15) is 0 Å². The van der Waals surface area contributed by atoms with Crippen molar-refractivity contribution in [3.63, 3.8) is 0 Å². The molecule has 2 unspecified atom stereocenters. The Labute approximate surface area is 145 Å². The zero-order valence-electron chi connectivity index (χ0n) is 14.9. The number of carbonyl (C=O) groups is 1. The number of amides is 1. The minimum Gasteiger partial charge on any atom is -0.493 e. The van der Waals surface area contributed by atoms with Crippen LogP contribution in [-0.2, 0) is 11.3 Å². The molecule has 2 aliphatic carbocycles. The predicted molar refractivity (Wildman–Crippen MR) is 95.8 cm³/mol. The molecule has 2 atom stereocenters. The fraction of sp³-hybridized carbons (Fsp3) is 0.650. The number of nitrogens with two attached hydrogens (primary N) is 1. The minimum atomic E-state index is -0.388. The maximum atomic E-state index is 12.6. The molecule has 0 bridgehead atoms. The number of ether oxygens (including phenoxy) is 1. The number of benzene rings is 1. The molecule has 3 N–H and O–H groups in total. The lowest BCUT2D eigenvalue weighted by molar-refractivity contribution is -0.128. The Balaban J connectivity index is 1.61. The molecule has 2 aliphatic rings. The Morgan fingerprint density at radius 3 is 2.83 bits per heavy atom. The van der Waals surface area contributed by atoms with E-state index < -0.39 is 0 Å². The van der Waals surface area contributed by atoms with Crippen LogP contribution in [0.1, 0.15) is 56.6 Å². The number of aryl methyl sites for hydroxylation is 1. The van der Waals surface area contributed by atoms with Gasteiger partial charge in [-0.15, -0.1) is 0 Å². The van der Waals surface area contributed by atoms with Crippen LogP contribution < -0.4 is 15.8 Å². The summed E-state index contributed by atoms with van der Waals surface area (Å²) in [5.74, 6) is 1.61. The summed E-state index contributed by atoms with van der Waals surface area (Å²) in [4.78, 5) is 12.6. The summed E-state index contributed by atoms with van der Waals surface area (Å²) < 4.78 is 5.98. The first-order valence-corrected chi connectivity index (χ1v) is 9.24. The maximum Gasteiger partial charge on any atom is 0.225 e. The lowest BCUT2D eigenvalue weighted by Gasteiger charge is -2.37. The molecule has 1 aromatic carbocycles. The molecule has 0 aromatic heterocycles. The first-order chi connectivity index (χ1) is 11.5. The molecule has 0 heterocycles. The highest BCUT2D eigenvalue weighted by atomic mass is 16.5. The van der Waals surface area contributed by atoms with Crippen molar-refractivity contribution >= 4 is 5.91 Å². The topological polar surface area (TPSA) is 64.4 Å². The van der Waals surface area contributed by atoms with Crippen molar-refractivity contribution in [2.24, 2.45) is 17.6 Å². The van der Waals surface area contributed by atoms with Crippen LogP contribution in [0.5, 0.6) is 5.75 Å². The van der Waals surface area contributed by atoms with E-state index in [4.69, 9.17) is 10.5 Å². The van der Waals surface area contributed by atoms with Crippen molar-refractivity contribution < 1.29 is 9.53 Å². The molecule has 1 aromatic rings. The van der Waals surface area contributed by atoms with Crippen molar-refractivity contribution in [1.29, 1.82) is 0 Å². The fourth-order valence-corrected chi connectivity index (χ4v) is 3.53. The maximum absolute atomic E-state index is 12.6. The second kappa shape index (κ2) is 7.14. The van der Waals surface area contributed by atoms with Crippen LogP contribution in [0.4, 0.5) is 0 Å². The minimum absolute atomic E-state index is 0.0772. The molecule has 0 aliphatic heterocycles. The van der Waals surface area contributed by atoms with Gasteiger partial charge in [0.15, 0.2) is 0 Å². The number of hydrogen-bond donors (Lipinski definition) is 2. The molecule has 3 rings (SSSR count). The zero-order valence-corrected chi connectivity index (χ0v) is 14.9. The second-order valence-electron chi connectivity index (χ2n) is 7.89. The molecule has 24 heavy (non-hydrogen) atoms. The summed E-state index contributed by atoms with van der Waals surface area (Å²) in [6, 6.07) is 6.19. The van der Waals surface area contributed by atoms with Crippen LogP contribution in [-0.4, -0.2) is 18.1 Å². The normalized spacial score (nSPS) is 26.9. The van der Waals surface area contributed by atoms with Gasteiger partial charge in [-0.1, -0.05) is 25.0 Å². The third-order valence-electron chi connectivity index (χ3n) is 5.42. The van der Waals surface area contributed by atoms with Gasteiger partial charge in [0.05, 0.1) is 12.5 Å². The smallest absolute Gasteiger partial charge is 0.225 e. The zero-order chi connectivity index (χ0) is 17.2. The quantitative estimate of drug-likeness (QED) is 0.841. The molecule has 0 spiro atoms. The molecule has 2 fully saturated rings. The Bertz CT molecular complexity index is 593. The Hall–Kier alpha value is -1.55. The summed E-state index contributed by atoms with van der Waals surface area (Å²) in [5.41, 5.74) is 8.18. The molecule has 4 nitrogen and oxygen atoms in total. The number of rotatable bonds is 6. The van der Waals surface area contributed by atoms with E-state index in [9.17, 15) is 4.79 Å². The largest absolute Gasteiger partial charge is 0.493 e. The molecule has 0 saturated heterocycles. The van der Waals surface area contributed by atoms with Crippen LogP contribution in [0, 0.1) is 18.8 Å². The van der Waals surface area contributed by atoms with E-state index in [1.807, 2.05) is 6.92 Å². The molecule has 4 heteroatoms. The van der Waals surface area contributed by atoms with E-state index in [0.717, 1.165) is 43.6 Å². The van der Waals surface area contributed by atoms with Gasteiger partial charge in [-0.05, 0) is 57.1 Å². The standard InChI is InChI=1S/C20H30N2O2/c1-14-6-9-16(18(11-14)24-13-15-7-8-15)12-22-19(23)17-5-3-4-10-20(17,2)21/h6,9,11,15,17H,3-5,7-8,10,12-13,21H2,1-2H3,(H,22,23). The van der Waals surface area contributed by atoms with E-state index in [1.54, 1.807) is 0 Å². The van der Waals surface area contributed by atoms with Crippen LogP contribution in [0.15, 0.2) is 18.2 Å². The Kier molecular flexibility index (Phi) is 5.14. The highest BCUT2D eigenvalue weighted by molar-refractivity contribution is 5.80. The molecule has 132 valence electrons. The average molecular weight is 330 g/mol. The molecule has 0 radical (unpaired) electrons. The number of nitrogens with one attached hydrogen (secondary N) is 1. The van der Waals surface area contributed by atoms with Crippen molar-refractivity contribution in [2.45, 2.75) is 64.5 Å². The van der Waals surface area contributed by atoms with Crippen molar-refractivity contribution in [2.75, 3.05) is 6.61 Å². The average Bonchev–Trinajstić information content (AvgIpc) is 3.35. The first-order valence-electron chi connectivity index (χ1n) is 9.24. The van der Waals surface area contributed by atoms with Crippen LogP contribution in [0.2, 0.25) is 0 Å². The van der Waals surface area contributed by atoms with E-state index in [1.165, 1.54) is 18.4 Å². The number of hydrogen-bond acceptors (Lipinski definition) is 3. The van der Waals surface area contributed by atoms with Crippen molar-refractivity contribution in [3.05, 3.63) is 29.3 Å². The number of carbonyl (C=O) groups excluding carboxylic acids is 1. The highest BCUT2D eigenvalue weighted by Gasteiger charge is 2.37. The molecule has 1 amide bonds. The first kappa shape index (κ1) is 17.3. The van der Waals surface area contributed by atoms with Gasteiger partial charge >= 0.3 is 0 Å². The van der Waals surface area contributed by atoms with Crippen LogP contribution in [0.3, 0.4) is 0 Å². The van der Waals surface area contributed by atoms with Gasteiger partial charge in [-0.3, -0.25) is 4.79 Å². The SMILES string of the molecule is Cc1ccc(CNC(=O)C2CCCCC2(C)N)c(OCC2CC2)c1. The van der Waals surface area contributed by atoms with Gasteiger partial charge < -0.3 is 15.8 Å². The van der Waals surface area contributed by atoms with Gasteiger partial charge in [0.2, 0.25) is 5.91 Å².